The molecule has 1 atom stereocenters. The molecule has 1 amide bonds. The smallest absolute Gasteiger partial charge is 0.280 e. The van der Waals surface area contributed by atoms with E-state index in [-0.39, 0.29) is 16.5 Å². The maximum atomic E-state index is 14.0. The lowest BCUT2D eigenvalue weighted by atomic mass is 10.0. The third-order valence-electron chi connectivity index (χ3n) is 7.47. The Morgan fingerprint density at radius 3 is 2.41 bits per heavy atom. The number of hydrogen-bond acceptors (Lipinski definition) is 9. The lowest BCUT2D eigenvalue weighted by Gasteiger charge is -2.34. The molecule has 1 aliphatic heterocycles. The van der Waals surface area contributed by atoms with E-state index >= 15 is 0 Å². The minimum absolute atomic E-state index is 0.0193. The molecular formula is C31H33BrN4O6S2. The van der Waals surface area contributed by atoms with Crippen LogP contribution in [0.4, 0.5) is 5.13 Å². The molecule has 0 bridgehead atoms. The summed E-state index contributed by atoms with van der Waals surface area (Å²) < 4.78 is 46.7. The van der Waals surface area contributed by atoms with E-state index in [0.29, 0.717) is 40.0 Å². The minimum atomic E-state index is -3.69. The molecule has 0 radical (unpaired) electrons. The number of aromatic nitrogens is 1. The van der Waals surface area contributed by atoms with Crippen LogP contribution in [0.15, 0.2) is 69.1 Å². The van der Waals surface area contributed by atoms with Crippen LogP contribution in [0.3, 0.4) is 0 Å². The second kappa shape index (κ2) is 13.6. The van der Waals surface area contributed by atoms with Crippen LogP contribution in [0.5, 0.6) is 17.2 Å². The van der Waals surface area contributed by atoms with Gasteiger partial charge in [0.1, 0.15) is 0 Å². The van der Waals surface area contributed by atoms with Crippen molar-refractivity contribution in [3.05, 3.63) is 70.2 Å². The van der Waals surface area contributed by atoms with Crippen LogP contribution in [0.2, 0.25) is 0 Å². The molecule has 44 heavy (non-hydrogen) atoms. The SMILES string of the molecule is CCC1CCCCN1S(=O)(=O)c1ccc(C(=O)N(/N=C/c2cc(OC)c(OC)c(OC)c2)c2nc3ccc(Br)cc3s2)cc1. The summed E-state index contributed by atoms with van der Waals surface area (Å²) in [4.78, 5) is 18.8. The Balaban J connectivity index is 1.51. The molecule has 232 valence electrons. The van der Waals surface area contributed by atoms with Crippen molar-refractivity contribution >= 4 is 64.8 Å². The van der Waals surface area contributed by atoms with Gasteiger partial charge in [-0.25, -0.2) is 13.4 Å². The third-order valence-corrected chi connectivity index (χ3v) is 10.9. The number of ether oxygens (including phenoxy) is 3. The summed E-state index contributed by atoms with van der Waals surface area (Å²) in [5.41, 5.74) is 1.56. The Hall–Kier alpha value is -3.52. The number of halogens is 1. The number of nitrogens with zero attached hydrogens (tertiary/aromatic N) is 4. The van der Waals surface area contributed by atoms with Crippen molar-refractivity contribution in [2.75, 3.05) is 32.9 Å². The molecule has 4 aromatic rings. The van der Waals surface area contributed by atoms with Crippen molar-refractivity contribution in [2.24, 2.45) is 5.10 Å². The van der Waals surface area contributed by atoms with Crippen molar-refractivity contribution in [2.45, 2.75) is 43.5 Å². The predicted molar refractivity (Wildman–Crippen MR) is 176 cm³/mol. The molecule has 10 nitrogen and oxygen atoms in total. The molecule has 5 rings (SSSR count). The molecule has 1 fully saturated rings. The number of fused-ring (bicyclic) bond motifs is 1. The zero-order chi connectivity index (χ0) is 31.4. The number of hydrogen-bond donors (Lipinski definition) is 0. The number of carbonyl (C=O) groups excluding carboxylic acids is 1. The van der Waals surface area contributed by atoms with Crippen LogP contribution >= 0.6 is 27.3 Å². The summed E-state index contributed by atoms with van der Waals surface area (Å²) in [7, 11) is 0.862. The number of hydrazone groups is 1. The number of piperidine rings is 1. The van der Waals surface area contributed by atoms with Gasteiger partial charge in [0.2, 0.25) is 20.9 Å². The quantitative estimate of drug-likeness (QED) is 0.133. The van der Waals surface area contributed by atoms with Crippen LogP contribution in [0.1, 0.15) is 48.5 Å². The van der Waals surface area contributed by atoms with Crippen LogP contribution < -0.4 is 19.2 Å². The predicted octanol–water partition coefficient (Wildman–Crippen LogP) is 6.72. The maximum Gasteiger partial charge on any atom is 0.280 e. The van der Waals surface area contributed by atoms with Crippen LogP contribution in [-0.4, -0.2) is 63.7 Å². The fraction of sp³-hybridized carbons (Fsp3) is 0.323. The van der Waals surface area contributed by atoms with E-state index < -0.39 is 15.9 Å². The molecule has 1 aromatic heterocycles. The summed E-state index contributed by atoms with van der Waals surface area (Å²) in [6, 6.07) is 15.1. The molecule has 3 aromatic carbocycles. The van der Waals surface area contributed by atoms with E-state index in [1.807, 2.05) is 25.1 Å². The topological polar surface area (TPSA) is 111 Å². The monoisotopic (exact) mass is 700 g/mol. The van der Waals surface area contributed by atoms with Gasteiger partial charge in [-0.15, -0.1) is 0 Å². The Kier molecular flexibility index (Phi) is 9.88. The number of amides is 1. The molecule has 1 aliphatic rings. The van der Waals surface area contributed by atoms with Gasteiger partial charge in [-0.3, -0.25) is 4.79 Å². The van der Waals surface area contributed by atoms with Crippen LogP contribution in [-0.2, 0) is 10.0 Å². The second-order valence-electron chi connectivity index (χ2n) is 10.1. The Labute approximate surface area is 269 Å². The number of carbonyl (C=O) groups is 1. The number of benzene rings is 3. The molecule has 2 heterocycles. The molecule has 0 aliphatic carbocycles. The van der Waals surface area contributed by atoms with Crippen molar-refractivity contribution in [1.82, 2.24) is 9.29 Å². The Bertz CT molecular complexity index is 1770. The maximum absolute atomic E-state index is 14.0. The average molecular weight is 702 g/mol. The fourth-order valence-corrected chi connectivity index (χ4v) is 8.43. The normalized spacial score (nSPS) is 15.9. The van der Waals surface area contributed by atoms with Gasteiger partial charge in [0.25, 0.3) is 5.91 Å². The van der Waals surface area contributed by atoms with Crippen molar-refractivity contribution in [3.8, 4) is 17.2 Å². The standard InChI is InChI=1S/C31H33BrN4O6S2/c1-5-23-8-6-7-15-35(23)44(38,39)24-12-9-21(10-13-24)30(37)36(31-34-25-14-11-22(32)18-28(25)43-31)33-19-20-16-26(40-2)29(42-4)27(17-20)41-3/h9-14,16-19,23H,5-8,15H2,1-4H3/b33-19+. The first-order chi connectivity index (χ1) is 21.2. The molecule has 0 saturated carbocycles. The molecule has 1 unspecified atom stereocenters. The summed E-state index contributed by atoms with van der Waals surface area (Å²) in [5.74, 6) is 0.834. The number of thiazole rings is 1. The van der Waals surface area contributed by atoms with Crippen molar-refractivity contribution in [3.63, 3.8) is 0 Å². The Morgan fingerprint density at radius 2 is 1.77 bits per heavy atom. The largest absolute Gasteiger partial charge is 0.493 e. The summed E-state index contributed by atoms with van der Waals surface area (Å²) in [5, 5.41) is 6.11. The highest BCUT2D eigenvalue weighted by Crippen LogP contribution is 2.38. The lowest BCUT2D eigenvalue weighted by Crippen LogP contribution is -2.43. The zero-order valence-electron chi connectivity index (χ0n) is 24.8. The fourth-order valence-electron chi connectivity index (χ4n) is 5.19. The van der Waals surface area contributed by atoms with Gasteiger partial charge in [-0.1, -0.05) is 40.6 Å². The first-order valence-electron chi connectivity index (χ1n) is 14.1. The van der Waals surface area contributed by atoms with Gasteiger partial charge < -0.3 is 14.2 Å². The second-order valence-corrected chi connectivity index (χ2v) is 13.9. The summed E-state index contributed by atoms with van der Waals surface area (Å²) in [6.07, 6.45) is 4.97. The van der Waals surface area contributed by atoms with Gasteiger partial charge in [0.05, 0.1) is 42.7 Å². The molecular weight excluding hydrogens is 668 g/mol. The van der Waals surface area contributed by atoms with E-state index in [9.17, 15) is 13.2 Å². The summed E-state index contributed by atoms with van der Waals surface area (Å²) >= 11 is 4.79. The van der Waals surface area contributed by atoms with Gasteiger partial charge in [-0.2, -0.15) is 14.4 Å². The molecule has 0 spiro atoms. The van der Waals surface area contributed by atoms with Gasteiger partial charge in [0.15, 0.2) is 11.5 Å². The highest BCUT2D eigenvalue weighted by Gasteiger charge is 2.32. The number of methoxy groups -OCH3 is 3. The highest BCUT2D eigenvalue weighted by atomic mass is 79.9. The lowest BCUT2D eigenvalue weighted by molar-refractivity contribution is 0.0987. The first-order valence-corrected chi connectivity index (χ1v) is 17.1. The van der Waals surface area contributed by atoms with Gasteiger partial charge in [-0.05, 0) is 73.9 Å². The van der Waals surface area contributed by atoms with E-state index in [4.69, 9.17) is 14.2 Å². The third kappa shape index (κ3) is 6.46. The number of sulfonamides is 1. The van der Waals surface area contributed by atoms with E-state index in [2.05, 4.69) is 26.0 Å². The van der Waals surface area contributed by atoms with Crippen LogP contribution in [0, 0.1) is 0 Å². The van der Waals surface area contributed by atoms with Crippen molar-refractivity contribution in [1.29, 1.82) is 0 Å². The van der Waals surface area contributed by atoms with E-state index in [1.54, 1.807) is 16.4 Å². The highest BCUT2D eigenvalue weighted by molar-refractivity contribution is 9.10. The first kappa shape index (κ1) is 31.9. The van der Waals surface area contributed by atoms with Crippen molar-refractivity contribution < 1.29 is 27.4 Å². The minimum Gasteiger partial charge on any atom is -0.493 e. The van der Waals surface area contributed by atoms with E-state index in [1.165, 1.54) is 68.2 Å². The number of rotatable bonds is 10. The van der Waals surface area contributed by atoms with Gasteiger partial charge >= 0.3 is 0 Å². The Morgan fingerprint density at radius 1 is 1.07 bits per heavy atom. The van der Waals surface area contributed by atoms with Crippen LogP contribution in [0.25, 0.3) is 10.2 Å². The average Bonchev–Trinajstić information content (AvgIpc) is 3.46. The van der Waals surface area contributed by atoms with E-state index in [0.717, 1.165) is 34.9 Å². The zero-order valence-corrected chi connectivity index (χ0v) is 28.0. The molecule has 1 saturated heterocycles. The number of anilines is 1. The molecule has 13 heteroatoms. The molecule has 0 N–H and O–H groups in total. The summed E-state index contributed by atoms with van der Waals surface area (Å²) in [6.45, 7) is 2.51. The van der Waals surface area contributed by atoms with Gasteiger partial charge in [0, 0.05) is 28.2 Å².